The molecule has 3 nitrogen and oxygen atoms in total. The van der Waals surface area contributed by atoms with Gasteiger partial charge in [-0.05, 0) is 12.1 Å². The van der Waals surface area contributed by atoms with Gasteiger partial charge in [0.2, 0.25) is 0 Å². The average Bonchev–Trinajstić information content (AvgIpc) is 2.55. The molecule has 2 aromatic carbocycles. The van der Waals surface area contributed by atoms with Crippen LogP contribution in [-0.4, -0.2) is 13.7 Å². The predicted molar refractivity (Wildman–Crippen MR) is 81.6 cm³/mol. The Labute approximate surface area is 129 Å². The van der Waals surface area contributed by atoms with Gasteiger partial charge in [0.15, 0.2) is 6.29 Å². The average molecular weight is 305 g/mol. The van der Waals surface area contributed by atoms with Crippen molar-refractivity contribution in [3.8, 4) is 5.75 Å². The topological polar surface area (TPSA) is 27.7 Å². The fourth-order valence-corrected chi connectivity index (χ4v) is 2.75. The van der Waals surface area contributed by atoms with E-state index in [1.165, 1.54) is 0 Å². The van der Waals surface area contributed by atoms with E-state index in [0.29, 0.717) is 11.6 Å². The molecule has 1 aliphatic rings. The number of hydrogen-bond acceptors (Lipinski definition) is 3. The van der Waals surface area contributed by atoms with E-state index < -0.39 is 6.29 Å². The van der Waals surface area contributed by atoms with E-state index in [-0.39, 0.29) is 6.10 Å². The van der Waals surface area contributed by atoms with Crippen molar-refractivity contribution in [2.45, 2.75) is 18.8 Å². The van der Waals surface area contributed by atoms with Crippen LogP contribution in [0, 0.1) is 0 Å². The van der Waals surface area contributed by atoms with Gasteiger partial charge in [-0.1, -0.05) is 48.0 Å². The monoisotopic (exact) mass is 304 g/mol. The summed E-state index contributed by atoms with van der Waals surface area (Å²) in [6, 6.07) is 15.5. The molecule has 2 unspecified atom stereocenters. The summed E-state index contributed by atoms with van der Waals surface area (Å²) in [7, 11) is 1.67. The zero-order chi connectivity index (χ0) is 14.7. The smallest absolute Gasteiger partial charge is 0.185 e. The quantitative estimate of drug-likeness (QED) is 0.834. The first-order chi connectivity index (χ1) is 10.3. The molecule has 110 valence electrons. The summed E-state index contributed by atoms with van der Waals surface area (Å²) in [5.74, 6) is 0.835. The Bertz CT molecular complexity index is 614. The van der Waals surface area contributed by atoms with Gasteiger partial charge in [0.1, 0.15) is 5.75 Å². The molecule has 2 atom stereocenters. The van der Waals surface area contributed by atoms with E-state index in [0.717, 1.165) is 23.3 Å². The fourth-order valence-electron chi connectivity index (χ4n) is 2.53. The Morgan fingerprint density at radius 2 is 1.76 bits per heavy atom. The Morgan fingerprint density at radius 3 is 2.52 bits per heavy atom. The van der Waals surface area contributed by atoms with E-state index in [1.54, 1.807) is 7.11 Å². The standard InChI is InChI=1S/C17H17ClO3/c1-19-15-9-5-3-7-13(15)16-10-11-20-17(21-16)12-6-2-4-8-14(12)18/h2-9,16-17H,10-11H2,1H3. The Hall–Kier alpha value is -1.55. The fraction of sp³-hybridized carbons (Fsp3) is 0.294. The normalized spacial score (nSPS) is 22.0. The summed E-state index contributed by atoms with van der Waals surface area (Å²) < 4.78 is 17.2. The van der Waals surface area contributed by atoms with Crippen LogP contribution < -0.4 is 4.74 Å². The van der Waals surface area contributed by atoms with Gasteiger partial charge in [-0.15, -0.1) is 0 Å². The largest absolute Gasteiger partial charge is 0.496 e. The maximum Gasteiger partial charge on any atom is 0.185 e. The van der Waals surface area contributed by atoms with Crippen molar-refractivity contribution in [2.24, 2.45) is 0 Å². The predicted octanol–water partition coefficient (Wildman–Crippen LogP) is 4.53. The number of benzene rings is 2. The zero-order valence-electron chi connectivity index (χ0n) is 11.8. The summed E-state index contributed by atoms with van der Waals surface area (Å²) in [5.41, 5.74) is 1.90. The van der Waals surface area contributed by atoms with Gasteiger partial charge in [-0.25, -0.2) is 0 Å². The third kappa shape index (κ3) is 3.05. The lowest BCUT2D eigenvalue weighted by Gasteiger charge is -2.31. The minimum Gasteiger partial charge on any atom is -0.496 e. The molecule has 0 aromatic heterocycles. The molecule has 0 saturated carbocycles. The Morgan fingerprint density at radius 1 is 1.05 bits per heavy atom. The minimum absolute atomic E-state index is 0.0591. The number of ether oxygens (including phenoxy) is 3. The van der Waals surface area contributed by atoms with Crippen LogP contribution in [0.2, 0.25) is 5.02 Å². The van der Waals surface area contributed by atoms with Crippen LogP contribution in [0.4, 0.5) is 0 Å². The first kappa shape index (κ1) is 14.4. The number of para-hydroxylation sites is 1. The molecule has 0 spiro atoms. The molecular weight excluding hydrogens is 288 g/mol. The molecule has 21 heavy (non-hydrogen) atoms. The highest BCUT2D eigenvalue weighted by molar-refractivity contribution is 6.31. The highest BCUT2D eigenvalue weighted by atomic mass is 35.5. The van der Waals surface area contributed by atoms with E-state index in [1.807, 2.05) is 48.5 Å². The SMILES string of the molecule is COc1ccccc1C1CCOC(c2ccccc2Cl)O1. The third-order valence-electron chi connectivity index (χ3n) is 3.58. The van der Waals surface area contributed by atoms with Crippen molar-refractivity contribution in [1.82, 2.24) is 0 Å². The number of halogens is 1. The lowest BCUT2D eigenvalue weighted by Crippen LogP contribution is -2.22. The summed E-state index contributed by atoms with van der Waals surface area (Å²) in [6.45, 7) is 0.624. The summed E-state index contributed by atoms with van der Waals surface area (Å²) in [4.78, 5) is 0. The second-order valence-corrected chi connectivity index (χ2v) is 5.29. The van der Waals surface area contributed by atoms with Crippen LogP contribution in [0.1, 0.15) is 29.9 Å². The van der Waals surface area contributed by atoms with Gasteiger partial charge in [0, 0.05) is 22.6 Å². The van der Waals surface area contributed by atoms with Gasteiger partial charge in [-0.2, -0.15) is 0 Å². The molecule has 4 heteroatoms. The summed E-state index contributed by atoms with van der Waals surface area (Å²) in [6.07, 6.45) is 0.292. The Kier molecular flexibility index (Phi) is 4.44. The molecule has 1 saturated heterocycles. The zero-order valence-corrected chi connectivity index (χ0v) is 12.5. The first-order valence-electron chi connectivity index (χ1n) is 6.94. The third-order valence-corrected chi connectivity index (χ3v) is 3.93. The van der Waals surface area contributed by atoms with Crippen molar-refractivity contribution in [3.63, 3.8) is 0 Å². The molecule has 0 bridgehead atoms. The van der Waals surface area contributed by atoms with Crippen molar-refractivity contribution >= 4 is 11.6 Å². The van der Waals surface area contributed by atoms with Gasteiger partial charge < -0.3 is 14.2 Å². The molecule has 3 rings (SSSR count). The molecule has 2 aromatic rings. The van der Waals surface area contributed by atoms with Crippen molar-refractivity contribution in [2.75, 3.05) is 13.7 Å². The second kappa shape index (κ2) is 6.48. The lowest BCUT2D eigenvalue weighted by molar-refractivity contribution is -0.219. The number of methoxy groups -OCH3 is 1. The van der Waals surface area contributed by atoms with Crippen LogP contribution in [-0.2, 0) is 9.47 Å². The van der Waals surface area contributed by atoms with Crippen LogP contribution >= 0.6 is 11.6 Å². The Balaban J connectivity index is 1.85. The highest BCUT2D eigenvalue weighted by Crippen LogP contribution is 2.39. The van der Waals surface area contributed by atoms with E-state index in [9.17, 15) is 0 Å². The molecule has 0 amide bonds. The van der Waals surface area contributed by atoms with Gasteiger partial charge in [0.25, 0.3) is 0 Å². The first-order valence-corrected chi connectivity index (χ1v) is 7.32. The molecule has 1 heterocycles. The van der Waals surface area contributed by atoms with E-state index in [4.69, 9.17) is 25.8 Å². The number of rotatable bonds is 3. The molecule has 0 radical (unpaired) electrons. The van der Waals surface area contributed by atoms with Gasteiger partial charge in [-0.3, -0.25) is 0 Å². The van der Waals surface area contributed by atoms with Crippen molar-refractivity contribution in [1.29, 1.82) is 0 Å². The lowest BCUT2D eigenvalue weighted by atomic mass is 10.0. The molecule has 1 fully saturated rings. The molecule has 0 N–H and O–H groups in total. The van der Waals surface area contributed by atoms with Crippen molar-refractivity contribution < 1.29 is 14.2 Å². The van der Waals surface area contributed by atoms with Crippen LogP contribution in [0.5, 0.6) is 5.75 Å². The van der Waals surface area contributed by atoms with E-state index in [2.05, 4.69) is 0 Å². The van der Waals surface area contributed by atoms with Crippen LogP contribution in [0.15, 0.2) is 48.5 Å². The summed E-state index contributed by atoms with van der Waals surface area (Å²) >= 11 is 6.23. The maximum absolute atomic E-state index is 6.23. The molecule has 0 aliphatic carbocycles. The minimum atomic E-state index is -0.442. The summed E-state index contributed by atoms with van der Waals surface area (Å²) in [5, 5.41) is 0.656. The highest BCUT2D eigenvalue weighted by Gasteiger charge is 2.28. The van der Waals surface area contributed by atoms with Crippen LogP contribution in [0.3, 0.4) is 0 Å². The van der Waals surface area contributed by atoms with Gasteiger partial charge in [0.05, 0.1) is 19.8 Å². The molecular formula is C17H17ClO3. The van der Waals surface area contributed by atoms with Crippen LogP contribution in [0.25, 0.3) is 0 Å². The molecule has 1 aliphatic heterocycles. The van der Waals surface area contributed by atoms with Crippen molar-refractivity contribution in [3.05, 3.63) is 64.7 Å². The number of hydrogen-bond donors (Lipinski definition) is 0. The van der Waals surface area contributed by atoms with Gasteiger partial charge >= 0.3 is 0 Å². The maximum atomic E-state index is 6.23. The second-order valence-electron chi connectivity index (χ2n) is 4.88. The van der Waals surface area contributed by atoms with E-state index >= 15 is 0 Å².